The Kier molecular flexibility index (Phi) is 5.43. The average molecular weight is 470 g/mol. The van der Waals surface area contributed by atoms with Gasteiger partial charge in [0.25, 0.3) is 0 Å². The van der Waals surface area contributed by atoms with E-state index in [2.05, 4.69) is 15.3 Å². The van der Waals surface area contributed by atoms with Crippen molar-refractivity contribution in [3.8, 4) is 16.8 Å². The standard InChI is InChI=1S/C27H24FN5O2/c1-16-8-4-5-10-23(16)33-25(31-27(3)11-7-6-9-20(27)26(34)35)24(17(2)32-33)18-12-21(28)19-14-29-15-30-22(19)13-18/h4-15,20,31H,1-3H3,(H,34,35). The highest BCUT2D eigenvalue weighted by Gasteiger charge is 2.38. The maximum atomic E-state index is 15.1. The van der Waals surface area contributed by atoms with E-state index in [0.29, 0.717) is 33.5 Å². The summed E-state index contributed by atoms with van der Waals surface area (Å²) in [7, 11) is 0. The van der Waals surface area contributed by atoms with Crippen LogP contribution in [0.5, 0.6) is 0 Å². The Morgan fingerprint density at radius 2 is 2.00 bits per heavy atom. The minimum absolute atomic E-state index is 0.327. The summed E-state index contributed by atoms with van der Waals surface area (Å²) in [4.78, 5) is 20.3. The fraction of sp³-hybridized carbons (Fsp3) is 0.185. The largest absolute Gasteiger partial charge is 0.481 e. The number of allylic oxidation sites excluding steroid dienone is 2. The Morgan fingerprint density at radius 3 is 2.77 bits per heavy atom. The molecule has 0 radical (unpaired) electrons. The zero-order valence-corrected chi connectivity index (χ0v) is 19.5. The van der Waals surface area contributed by atoms with Crippen molar-refractivity contribution in [2.24, 2.45) is 5.92 Å². The van der Waals surface area contributed by atoms with Crippen molar-refractivity contribution in [1.82, 2.24) is 19.7 Å². The smallest absolute Gasteiger partial charge is 0.313 e. The lowest BCUT2D eigenvalue weighted by molar-refractivity contribution is -0.141. The van der Waals surface area contributed by atoms with Gasteiger partial charge in [-0.1, -0.05) is 42.5 Å². The molecule has 7 nitrogen and oxygen atoms in total. The first kappa shape index (κ1) is 22.5. The van der Waals surface area contributed by atoms with E-state index in [-0.39, 0.29) is 0 Å². The quantitative estimate of drug-likeness (QED) is 0.416. The van der Waals surface area contributed by atoms with Crippen molar-refractivity contribution in [3.63, 3.8) is 0 Å². The van der Waals surface area contributed by atoms with Gasteiger partial charge in [-0.25, -0.2) is 19.0 Å². The normalized spacial score (nSPS) is 19.3. The number of aryl methyl sites for hydroxylation is 2. The summed E-state index contributed by atoms with van der Waals surface area (Å²) in [6, 6.07) is 11.0. The van der Waals surface area contributed by atoms with Gasteiger partial charge in [0.2, 0.25) is 0 Å². The number of halogens is 1. The Hall–Kier alpha value is -4.33. The van der Waals surface area contributed by atoms with Crippen LogP contribution < -0.4 is 5.32 Å². The number of aromatic nitrogens is 4. The topological polar surface area (TPSA) is 92.9 Å². The van der Waals surface area contributed by atoms with E-state index in [9.17, 15) is 9.90 Å². The molecule has 8 heteroatoms. The molecule has 4 aromatic rings. The van der Waals surface area contributed by atoms with Crippen LogP contribution >= 0.6 is 0 Å². The second-order valence-corrected chi connectivity index (χ2v) is 8.89. The highest BCUT2D eigenvalue weighted by molar-refractivity contribution is 5.89. The van der Waals surface area contributed by atoms with Crippen LogP contribution in [0, 0.1) is 25.6 Å². The third-order valence-corrected chi connectivity index (χ3v) is 6.42. The molecule has 0 amide bonds. The molecule has 2 atom stereocenters. The van der Waals surface area contributed by atoms with Crippen LogP contribution in [0.1, 0.15) is 18.2 Å². The number of carbonyl (C=O) groups is 1. The summed E-state index contributed by atoms with van der Waals surface area (Å²) in [6.07, 6.45) is 9.86. The number of para-hydroxylation sites is 1. The molecular weight excluding hydrogens is 445 g/mol. The van der Waals surface area contributed by atoms with E-state index in [4.69, 9.17) is 5.10 Å². The van der Waals surface area contributed by atoms with E-state index >= 15 is 4.39 Å². The lowest BCUT2D eigenvalue weighted by Gasteiger charge is -2.35. The number of carboxylic acids is 1. The molecule has 1 aliphatic rings. The number of nitrogens with zero attached hydrogens (tertiary/aromatic N) is 4. The Bertz CT molecular complexity index is 1520. The van der Waals surface area contributed by atoms with Crippen LogP contribution in [0.2, 0.25) is 0 Å². The molecule has 2 N–H and O–H groups in total. The number of rotatable bonds is 5. The molecule has 176 valence electrons. The molecule has 1 aliphatic carbocycles. The van der Waals surface area contributed by atoms with Crippen LogP contribution in [-0.4, -0.2) is 36.4 Å². The number of fused-ring (bicyclic) bond motifs is 1. The predicted octanol–water partition coefficient (Wildman–Crippen LogP) is 5.24. The summed E-state index contributed by atoms with van der Waals surface area (Å²) in [5.41, 5.74) is 3.24. The van der Waals surface area contributed by atoms with E-state index in [1.807, 2.05) is 57.2 Å². The van der Waals surface area contributed by atoms with Crippen LogP contribution in [0.3, 0.4) is 0 Å². The van der Waals surface area contributed by atoms with Gasteiger partial charge < -0.3 is 10.4 Å². The molecule has 2 unspecified atom stereocenters. The van der Waals surface area contributed by atoms with Crippen molar-refractivity contribution >= 4 is 22.7 Å². The molecule has 0 fully saturated rings. The maximum Gasteiger partial charge on any atom is 0.313 e. The SMILES string of the molecule is Cc1ccccc1-n1nc(C)c(-c2cc(F)c3cncnc3c2)c1NC1(C)C=CC=CC1C(=O)O. The second kappa shape index (κ2) is 8.47. The first-order valence-electron chi connectivity index (χ1n) is 11.2. The summed E-state index contributed by atoms with van der Waals surface area (Å²) in [5, 5.41) is 18.5. The third-order valence-electron chi connectivity index (χ3n) is 6.42. The molecule has 2 heterocycles. The number of carboxylic acid groups (broad SMARTS) is 1. The van der Waals surface area contributed by atoms with Gasteiger partial charge >= 0.3 is 5.97 Å². The molecule has 0 saturated carbocycles. The lowest BCUT2D eigenvalue weighted by atomic mass is 9.82. The highest BCUT2D eigenvalue weighted by atomic mass is 19.1. The maximum absolute atomic E-state index is 15.1. The number of anilines is 1. The van der Waals surface area contributed by atoms with E-state index in [0.717, 1.165) is 11.3 Å². The van der Waals surface area contributed by atoms with Crippen molar-refractivity contribution < 1.29 is 14.3 Å². The molecular formula is C27H24FN5O2. The third kappa shape index (κ3) is 3.86. The zero-order chi connectivity index (χ0) is 24.7. The zero-order valence-electron chi connectivity index (χ0n) is 19.5. The van der Waals surface area contributed by atoms with Crippen molar-refractivity contribution in [1.29, 1.82) is 0 Å². The van der Waals surface area contributed by atoms with Gasteiger partial charge in [-0.15, -0.1) is 0 Å². The summed E-state index contributed by atoms with van der Waals surface area (Å²) < 4.78 is 16.8. The lowest BCUT2D eigenvalue weighted by Crippen LogP contribution is -2.45. The second-order valence-electron chi connectivity index (χ2n) is 8.89. The van der Waals surface area contributed by atoms with Crippen LogP contribution in [0.25, 0.3) is 27.7 Å². The molecule has 0 spiro atoms. The van der Waals surface area contributed by atoms with Gasteiger partial charge in [-0.05, 0) is 50.1 Å². The average Bonchev–Trinajstić information content (AvgIpc) is 3.14. The molecule has 0 saturated heterocycles. The monoisotopic (exact) mass is 469 g/mol. The minimum Gasteiger partial charge on any atom is -0.481 e. The first-order valence-corrected chi connectivity index (χ1v) is 11.2. The summed E-state index contributed by atoms with van der Waals surface area (Å²) >= 11 is 0. The Labute approximate surface area is 201 Å². The summed E-state index contributed by atoms with van der Waals surface area (Å²) in [6.45, 7) is 5.66. The summed E-state index contributed by atoms with van der Waals surface area (Å²) in [5.74, 6) is -1.64. The van der Waals surface area contributed by atoms with Gasteiger partial charge in [0.05, 0.1) is 27.8 Å². The van der Waals surface area contributed by atoms with E-state index < -0.39 is 23.2 Å². The number of aliphatic carboxylic acids is 1. The minimum atomic E-state index is -0.959. The van der Waals surface area contributed by atoms with E-state index in [1.165, 1.54) is 18.6 Å². The molecule has 5 rings (SSSR count). The van der Waals surface area contributed by atoms with Gasteiger partial charge in [0.15, 0.2) is 0 Å². The highest BCUT2D eigenvalue weighted by Crippen LogP contribution is 2.39. The van der Waals surface area contributed by atoms with Crippen molar-refractivity contribution in [2.45, 2.75) is 26.3 Å². The van der Waals surface area contributed by atoms with Gasteiger partial charge in [-0.2, -0.15) is 5.10 Å². The van der Waals surface area contributed by atoms with Crippen LogP contribution in [0.15, 0.2) is 73.2 Å². The number of nitrogens with one attached hydrogen (secondary N) is 1. The first-order chi connectivity index (χ1) is 16.8. The van der Waals surface area contributed by atoms with Crippen LogP contribution in [0.4, 0.5) is 10.2 Å². The van der Waals surface area contributed by atoms with Crippen molar-refractivity contribution in [3.05, 3.63) is 90.3 Å². The predicted molar refractivity (Wildman–Crippen MR) is 133 cm³/mol. The van der Waals surface area contributed by atoms with Gasteiger partial charge in [0.1, 0.15) is 23.9 Å². The van der Waals surface area contributed by atoms with E-state index in [1.54, 1.807) is 22.9 Å². The van der Waals surface area contributed by atoms with Crippen molar-refractivity contribution in [2.75, 3.05) is 5.32 Å². The fourth-order valence-corrected chi connectivity index (χ4v) is 4.60. The number of hydrogen-bond acceptors (Lipinski definition) is 5. The number of benzene rings is 2. The Morgan fingerprint density at radius 1 is 1.20 bits per heavy atom. The molecule has 2 aromatic heterocycles. The van der Waals surface area contributed by atoms with Gasteiger partial charge in [0, 0.05) is 11.8 Å². The van der Waals surface area contributed by atoms with Crippen LogP contribution in [-0.2, 0) is 4.79 Å². The molecule has 0 aliphatic heterocycles. The molecule has 2 aromatic carbocycles. The van der Waals surface area contributed by atoms with Gasteiger partial charge in [-0.3, -0.25) is 4.79 Å². The number of hydrogen-bond donors (Lipinski definition) is 2. The molecule has 0 bridgehead atoms. The molecule has 35 heavy (non-hydrogen) atoms. The Balaban J connectivity index is 1.76. The fourth-order valence-electron chi connectivity index (χ4n) is 4.60.